The van der Waals surface area contributed by atoms with E-state index in [1.807, 2.05) is 38.1 Å². The van der Waals surface area contributed by atoms with Gasteiger partial charge < -0.3 is 10.1 Å². The van der Waals surface area contributed by atoms with E-state index in [0.29, 0.717) is 17.4 Å². The first-order chi connectivity index (χ1) is 13.0. The number of hydrogen-bond acceptors (Lipinski definition) is 4. The van der Waals surface area contributed by atoms with Crippen LogP contribution < -0.4 is 10.1 Å². The summed E-state index contributed by atoms with van der Waals surface area (Å²) in [7, 11) is -0.643. The predicted molar refractivity (Wildman–Crippen MR) is 111 cm³/mol. The summed E-state index contributed by atoms with van der Waals surface area (Å²) in [4.78, 5) is 12.5. The van der Waals surface area contributed by atoms with Crippen molar-refractivity contribution in [1.29, 1.82) is 0 Å². The van der Waals surface area contributed by atoms with Gasteiger partial charge >= 0.3 is 0 Å². The molecule has 28 heavy (non-hydrogen) atoms. The van der Waals surface area contributed by atoms with Crippen LogP contribution in [-0.4, -0.2) is 39.3 Å². The van der Waals surface area contributed by atoms with Crippen molar-refractivity contribution >= 4 is 21.6 Å². The third-order valence-electron chi connectivity index (χ3n) is 4.61. The van der Waals surface area contributed by atoms with Gasteiger partial charge in [0.2, 0.25) is 10.0 Å². The number of nitrogens with one attached hydrogen (secondary N) is 1. The standard InChI is InChI=1S/C21H28N2O4S/c1-14(2)17-7-9-18(10-8-17)27-13-21(24)22-20-12-19(11-15(3)16(20)4)28(25,26)23(5)6/h7-12,14H,13H2,1-6H3,(H,22,24). The molecule has 0 saturated heterocycles. The van der Waals surface area contributed by atoms with Crippen LogP contribution in [0.4, 0.5) is 5.69 Å². The number of aryl methyl sites for hydroxylation is 1. The smallest absolute Gasteiger partial charge is 0.262 e. The molecule has 0 aliphatic carbocycles. The van der Waals surface area contributed by atoms with Gasteiger partial charge in [0.25, 0.3) is 5.91 Å². The number of benzene rings is 2. The van der Waals surface area contributed by atoms with Crippen LogP contribution in [0.1, 0.15) is 36.5 Å². The Morgan fingerprint density at radius 1 is 1.11 bits per heavy atom. The van der Waals surface area contributed by atoms with E-state index in [1.165, 1.54) is 25.7 Å². The zero-order valence-electron chi connectivity index (χ0n) is 17.2. The summed E-state index contributed by atoms with van der Waals surface area (Å²) in [6.07, 6.45) is 0. The number of carbonyl (C=O) groups excluding carboxylic acids is 1. The predicted octanol–water partition coefficient (Wildman–Crippen LogP) is 3.69. The zero-order valence-corrected chi connectivity index (χ0v) is 18.1. The summed E-state index contributed by atoms with van der Waals surface area (Å²) in [5.41, 5.74) is 3.25. The lowest BCUT2D eigenvalue weighted by Gasteiger charge is -2.16. The van der Waals surface area contributed by atoms with Crippen molar-refractivity contribution in [1.82, 2.24) is 4.31 Å². The van der Waals surface area contributed by atoms with Crippen molar-refractivity contribution in [2.45, 2.75) is 38.5 Å². The third kappa shape index (κ3) is 5.11. The van der Waals surface area contributed by atoms with E-state index in [9.17, 15) is 13.2 Å². The summed E-state index contributed by atoms with van der Waals surface area (Å²) in [6, 6.07) is 10.7. The fourth-order valence-corrected chi connectivity index (χ4v) is 3.61. The van der Waals surface area contributed by atoms with Crippen LogP contribution in [0.15, 0.2) is 41.3 Å². The summed E-state index contributed by atoms with van der Waals surface area (Å²) in [6.45, 7) is 7.70. The summed E-state index contributed by atoms with van der Waals surface area (Å²) >= 11 is 0. The Morgan fingerprint density at radius 3 is 2.25 bits per heavy atom. The molecule has 0 aromatic heterocycles. The van der Waals surface area contributed by atoms with Crippen molar-refractivity contribution in [3.8, 4) is 5.75 Å². The minimum absolute atomic E-state index is 0.140. The van der Waals surface area contributed by atoms with Crippen LogP contribution in [0.3, 0.4) is 0 Å². The first-order valence-electron chi connectivity index (χ1n) is 9.08. The molecule has 2 aromatic carbocycles. The quantitative estimate of drug-likeness (QED) is 0.764. The van der Waals surface area contributed by atoms with Gasteiger partial charge in [0.15, 0.2) is 6.61 Å². The molecule has 0 bridgehead atoms. The molecule has 0 aliphatic heterocycles. The molecule has 0 saturated carbocycles. The lowest BCUT2D eigenvalue weighted by molar-refractivity contribution is -0.118. The molecule has 2 aromatic rings. The summed E-state index contributed by atoms with van der Waals surface area (Å²) in [5.74, 6) is 0.681. The fourth-order valence-electron chi connectivity index (χ4n) is 2.60. The van der Waals surface area contributed by atoms with Gasteiger partial charge in [-0.3, -0.25) is 4.79 Å². The number of carbonyl (C=O) groups is 1. The van der Waals surface area contributed by atoms with E-state index < -0.39 is 10.0 Å². The molecule has 7 heteroatoms. The summed E-state index contributed by atoms with van der Waals surface area (Å²) < 4.78 is 31.5. The van der Waals surface area contributed by atoms with Crippen molar-refractivity contribution in [2.24, 2.45) is 0 Å². The van der Waals surface area contributed by atoms with Crippen LogP contribution in [0.25, 0.3) is 0 Å². The van der Waals surface area contributed by atoms with Crippen LogP contribution in [0.2, 0.25) is 0 Å². The Hall–Kier alpha value is -2.38. The summed E-state index contributed by atoms with van der Waals surface area (Å²) in [5, 5.41) is 2.76. The third-order valence-corrected chi connectivity index (χ3v) is 6.40. The molecule has 6 nitrogen and oxygen atoms in total. The number of sulfonamides is 1. The molecule has 0 spiro atoms. The monoisotopic (exact) mass is 404 g/mol. The lowest BCUT2D eigenvalue weighted by Crippen LogP contribution is -2.24. The normalized spacial score (nSPS) is 11.7. The highest BCUT2D eigenvalue weighted by Gasteiger charge is 2.20. The number of anilines is 1. The topological polar surface area (TPSA) is 75.7 Å². The van der Waals surface area contributed by atoms with Gasteiger partial charge in [0, 0.05) is 19.8 Å². The van der Waals surface area contributed by atoms with E-state index in [4.69, 9.17) is 4.74 Å². The van der Waals surface area contributed by atoms with Crippen molar-refractivity contribution < 1.29 is 17.9 Å². The number of nitrogens with zero attached hydrogens (tertiary/aromatic N) is 1. The second-order valence-electron chi connectivity index (χ2n) is 7.26. The highest BCUT2D eigenvalue weighted by atomic mass is 32.2. The van der Waals surface area contributed by atoms with Gasteiger partial charge in [-0.15, -0.1) is 0 Å². The molecular formula is C21H28N2O4S. The van der Waals surface area contributed by atoms with E-state index in [-0.39, 0.29) is 17.4 Å². The highest BCUT2D eigenvalue weighted by Crippen LogP contribution is 2.25. The fraction of sp³-hybridized carbons (Fsp3) is 0.381. The second-order valence-corrected chi connectivity index (χ2v) is 9.41. The number of hydrogen-bond donors (Lipinski definition) is 1. The molecule has 0 atom stereocenters. The number of ether oxygens (including phenoxy) is 1. The Bertz CT molecular complexity index is 949. The first kappa shape index (κ1) is 21.9. The van der Waals surface area contributed by atoms with Crippen molar-refractivity contribution in [3.05, 3.63) is 53.1 Å². The first-order valence-corrected chi connectivity index (χ1v) is 10.5. The molecule has 0 heterocycles. The van der Waals surface area contributed by atoms with E-state index >= 15 is 0 Å². The molecule has 0 radical (unpaired) electrons. The molecule has 1 N–H and O–H groups in total. The number of rotatable bonds is 7. The van der Waals surface area contributed by atoms with Gasteiger partial charge in [-0.25, -0.2) is 12.7 Å². The Kier molecular flexibility index (Phi) is 6.85. The maximum Gasteiger partial charge on any atom is 0.262 e. The van der Waals surface area contributed by atoms with Crippen LogP contribution in [0, 0.1) is 13.8 Å². The van der Waals surface area contributed by atoms with E-state index in [1.54, 1.807) is 6.07 Å². The van der Waals surface area contributed by atoms with Gasteiger partial charge in [0.05, 0.1) is 4.90 Å². The van der Waals surface area contributed by atoms with Gasteiger partial charge in [0.1, 0.15) is 5.75 Å². The van der Waals surface area contributed by atoms with Crippen LogP contribution in [-0.2, 0) is 14.8 Å². The van der Waals surface area contributed by atoms with Crippen molar-refractivity contribution in [2.75, 3.05) is 26.0 Å². The minimum atomic E-state index is -3.59. The van der Waals surface area contributed by atoms with Gasteiger partial charge in [-0.1, -0.05) is 26.0 Å². The molecule has 0 aliphatic rings. The average Bonchev–Trinajstić information content (AvgIpc) is 2.63. The maximum absolute atomic E-state index is 12.4. The number of amides is 1. The van der Waals surface area contributed by atoms with Gasteiger partial charge in [-0.2, -0.15) is 0 Å². The Balaban J connectivity index is 2.12. The minimum Gasteiger partial charge on any atom is -0.484 e. The maximum atomic E-state index is 12.4. The Labute approximate surface area is 167 Å². The molecular weight excluding hydrogens is 376 g/mol. The van der Waals surface area contributed by atoms with E-state index in [2.05, 4.69) is 19.2 Å². The Morgan fingerprint density at radius 2 is 1.71 bits per heavy atom. The van der Waals surface area contributed by atoms with Crippen LogP contribution >= 0.6 is 0 Å². The van der Waals surface area contributed by atoms with E-state index in [0.717, 1.165) is 15.4 Å². The SMILES string of the molecule is Cc1cc(S(=O)(=O)N(C)C)cc(NC(=O)COc2ccc(C(C)C)cc2)c1C. The highest BCUT2D eigenvalue weighted by molar-refractivity contribution is 7.89. The molecule has 152 valence electrons. The molecule has 0 unspecified atom stereocenters. The lowest BCUT2D eigenvalue weighted by atomic mass is 10.0. The second kappa shape index (κ2) is 8.75. The van der Waals surface area contributed by atoms with Gasteiger partial charge in [-0.05, 0) is 60.7 Å². The molecule has 0 fully saturated rings. The zero-order chi connectivity index (χ0) is 21.1. The van der Waals surface area contributed by atoms with Crippen LogP contribution in [0.5, 0.6) is 5.75 Å². The molecule has 2 rings (SSSR count). The molecule has 1 amide bonds. The average molecular weight is 405 g/mol. The van der Waals surface area contributed by atoms with Crippen molar-refractivity contribution in [3.63, 3.8) is 0 Å². The largest absolute Gasteiger partial charge is 0.484 e.